The predicted molar refractivity (Wildman–Crippen MR) is 109 cm³/mol. The van der Waals surface area contributed by atoms with E-state index in [1.807, 2.05) is 12.1 Å². The second-order valence-electron chi connectivity index (χ2n) is 7.08. The van der Waals surface area contributed by atoms with Crippen molar-refractivity contribution < 1.29 is 23.7 Å². The Hall–Kier alpha value is -2.60. The number of hydrogen-bond acceptors (Lipinski definition) is 5. The molecule has 7 heteroatoms. The van der Waals surface area contributed by atoms with E-state index in [4.69, 9.17) is 30.5 Å². The highest BCUT2D eigenvalue weighted by molar-refractivity contribution is 6.30. The van der Waals surface area contributed by atoms with E-state index in [0.29, 0.717) is 27.8 Å². The summed E-state index contributed by atoms with van der Waals surface area (Å²) in [5, 5.41) is 3.50. The minimum Gasteiger partial charge on any atom is -0.496 e. The largest absolute Gasteiger partial charge is 0.496 e. The molecule has 1 amide bonds. The maximum absolute atomic E-state index is 12.5. The van der Waals surface area contributed by atoms with Gasteiger partial charge in [0.05, 0.1) is 32.9 Å². The minimum absolute atomic E-state index is 0.507. The number of hydrogen-bond donors (Lipinski definition) is 1. The van der Waals surface area contributed by atoms with Gasteiger partial charge in [-0.1, -0.05) is 23.7 Å². The van der Waals surface area contributed by atoms with Gasteiger partial charge >= 0.3 is 6.09 Å². The molecule has 2 aromatic carbocycles. The predicted octanol–water partition coefficient (Wildman–Crippen LogP) is 4.98. The number of alkyl carbamates (subject to hydrolysis) is 1. The summed E-state index contributed by atoms with van der Waals surface area (Å²) in [6, 6.07) is 10.0. The minimum atomic E-state index is -0.636. The summed E-state index contributed by atoms with van der Waals surface area (Å²) in [4.78, 5) is 12.5. The molecular formula is C21H26ClNO5. The Morgan fingerprint density at radius 1 is 0.964 bits per heavy atom. The van der Waals surface area contributed by atoms with Crippen LogP contribution in [0.3, 0.4) is 0 Å². The van der Waals surface area contributed by atoms with Crippen molar-refractivity contribution in [3.05, 3.63) is 52.5 Å². The molecule has 0 bridgehead atoms. The molecule has 0 saturated heterocycles. The van der Waals surface area contributed by atoms with Crippen molar-refractivity contribution in [3.8, 4) is 17.2 Å². The van der Waals surface area contributed by atoms with Crippen molar-refractivity contribution in [3.63, 3.8) is 0 Å². The van der Waals surface area contributed by atoms with Gasteiger partial charge in [0.25, 0.3) is 0 Å². The highest BCUT2D eigenvalue weighted by Crippen LogP contribution is 2.41. The number of methoxy groups -OCH3 is 3. The van der Waals surface area contributed by atoms with Gasteiger partial charge in [-0.05, 0) is 38.5 Å². The average Bonchev–Trinajstić information content (AvgIpc) is 2.64. The van der Waals surface area contributed by atoms with Crippen LogP contribution in [0.1, 0.15) is 37.9 Å². The number of rotatable bonds is 6. The Balaban J connectivity index is 2.58. The molecule has 1 atom stereocenters. The van der Waals surface area contributed by atoms with Crippen LogP contribution in [0.15, 0.2) is 36.4 Å². The molecule has 0 aliphatic heterocycles. The maximum Gasteiger partial charge on any atom is 0.408 e. The van der Waals surface area contributed by atoms with Gasteiger partial charge in [0.1, 0.15) is 22.8 Å². The number of halogens is 1. The van der Waals surface area contributed by atoms with Crippen molar-refractivity contribution >= 4 is 17.7 Å². The lowest BCUT2D eigenvalue weighted by molar-refractivity contribution is 0.0511. The molecule has 1 unspecified atom stereocenters. The van der Waals surface area contributed by atoms with Crippen molar-refractivity contribution in [2.24, 2.45) is 0 Å². The molecule has 0 spiro atoms. The molecule has 0 radical (unpaired) electrons. The Morgan fingerprint density at radius 3 is 1.93 bits per heavy atom. The zero-order chi connectivity index (χ0) is 20.9. The lowest BCUT2D eigenvalue weighted by Gasteiger charge is -2.26. The van der Waals surface area contributed by atoms with Gasteiger partial charge in [0.2, 0.25) is 0 Å². The Bertz CT molecular complexity index is 790. The van der Waals surface area contributed by atoms with Crippen molar-refractivity contribution in [1.29, 1.82) is 0 Å². The SMILES string of the molecule is COc1cc(OC)c(C(NC(=O)OC(C)(C)C)c2ccc(Cl)cc2)c(OC)c1. The van der Waals surface area contributed by atoms with Gasteiger partial charge in [-0.2, -0.15) is 0 Å². The van der Waals surface area contributed by atoms with E-state index in [1.54, 1.807) is 66.4 Å². The summed E-state index contributed by atoms with van der Waals surface area (Å²) in [7, 11) is 4.65. The highest BCUT2D eigenvalue weighted by atomic mass is 35.5. The first kappa shape index (κ1) is 21.7. The Labute approximate surface area is 170 Å². The van der Waals surface area contributed by atoms with Gasteiger partial charge in [0, 0.05) is 17.2 Å². The first-order chi connectivity index (χ1) is 13.2. The Morgan fingerprint density at radius 2 is 1.50 bits per heavy atom. The molecule has 0 saturated carbocycles. The van der Waals surface area contributed by atoms with Crippen LogP contribution in [0.25, 0.3) is 0 Å². The second-order valence-corrected chi connectivity index (χ2v) is 7.51. The van der Waals surface area contributed by atoms with E-state index >= 15 is 0 Å². The molecule has 0 aliphatic carbocycles. The summed E-state index contributed by atoms with van der Waals surface area (Å²) in [5.41, 5.74) is 0.791. The van der Waals surface area contributed by atoms with E-state index < -0.39 is 17.7 Å². The molecule has 2 aromatic rings. The number of carbonyl (C=O) groups excluding carboxylic acids is 1. The van der Waals surface area contributed by atoms with Gasteiger partial charge in [-0.15, -0.1) is 0 Å². The van der Waals surface area contributed by atoms with Crippen LogP contribution >= 0.6 is 11.6 Å². The standard InChI is InChI=1S/C21H26ClNO5/c1-21(2,3)28-20(24)23-19(13-7-9-14(22)10-8-13)18-16(26-5)11-15(25-4)12-17(18)27-6/h7-12,19H,1-6H3,(H,23,24). The smallest absolute Gasteiger partial charge is 0.408 e. The number of carbonyl (C=O) groups is 1. The molecule has 1 N–H and O–H groups in total. The molecule has 0 fully saturated rings. The van der Waals surface area contributed by atoms with Gasteiger partial charge in [-0.3, -0.25) is 0 Å². The molecule has 0 heterocycles. The van der Waals surface area contributed by atoms with Gasteiger partial charge in [-0.25, -0.2) is 4.79 Å². The van der Waals surface area contributed by atoms with E-state index in [9.17, 15) is 4.79 Å². The maximum atomic E-state index is 12.5. The van der Waals surface area contributed by atoms with Gasteiger partial charge < -0.3 is 24.3 Å². The fraction of sp³-hybridized carbons (Fsp3) is 0.381. The average molecular weight is 408 g/mol. The first-order valence-corrected chi connectivity index (χ1v) is 9.11. The van der Waals surface area contributed by atoms with E-state index in [-0.39, 0.29) is 0 Å². The van der Waals surface area contributed by atoms with E-state index in [2.05, 4.69) is 5.32 Å². The Kier molecular flexibility index (Phi) is 7.02. The molecule has 0 aliphatic rings. The molecule has 2 rings (SSSR count). The summed E-state index contributed by atoms with van der Waals surface area (Å²) in [5.74, 6) is 1.59. The van der Waals surface area contributed by atoms with E-state index in [1.165, 1.54) is 0 Å². The third-order valence-corrected chi connectivity index (χ3v) is 4.16. The summed E-state index contributed by atoms with van der Waals surface area (Å²) < 4.78 is 21.9. The summed E-state index contributed by atoms with van der Waals surface area (Å²) in [6.07, 6.45) is -0.563. The third kappa shape index (κ3) is 5.45. The first-order valence-electron chi connectivity index (χ1n) is 8.73. The number of nitrogens with one attached hydrogen (secondary N) is 1. The lowest BCUT2D eigenvalue weighted by Crippen LogP contribution is -2.35. The normalized spacial score (nSPS) is 12.1. The summed E-state index contributed by atoms with van der Waals surface area (Å²) >= 11 is 6.03. The lowest BCUT2D eigenvalue weighted by atomic mass is 9.96. The quantitative estimate of drug-likeness (QED) is 0.731. The zero-order valence-corrected chi connectivity index (χ0v) is 17.7. The van der Waals surface area contributed by atoms with Crippen LogP contribution in [0.2, 0.25) is 5.02 Å². The van der Waals surface area contributed by atoms with Crippen LogP contribution in [0.5, 0.6) is 17.2 Å². The van der Waals surface area contributed by atoms with Crippen LogP contribution in [0.4, 0.5) is 4.79 Å². The van der Waals surface area contributed by atoms with Crippen molar-refractivity contribution in [2.75, 3.05) is 21.3 Å². The molecule has 6 nitrogen and oxygen atoms in total. The van der Waals surface area contributed by atoms with Crippen LogP contribution < -0.4 is 19.5 Å². The topological polar surface area (TPSA) is 66.0 Å². The van der Waals surface area contributed by atoms with Crippen LogP contribution in [0, 0.1) is 0 Å². The van der Waals surface area contributed by atoms with Crippen LogP contribution in [-0.2, 0) is 4.74 Å². The monoisotopic (exact) mass is 407 g/mol. The van der Waals surface area contributed by atoms with Crippen molar-refractivity contribution in [1.82, 2.24) is 5.32 Å². The third-order valence-electron chi connectivity index (χ3n) is 3.91. The molecule has 152 valence electrons. The number of benzene rings is 2. The van der Waals surface area contributed by atoms with Gasteiger partial charge in [0.15, 0.2) is 0 Å². The zero-order valence-electron chi connectivity index (χ0n) is 17.0. The second kappa shape index (κ2) is 9.06. The highest BCUT2D eigenvalue weighted by Gasteiger charge is 2.28. The molecule has 0 aromatic heterocycles. The van der Waals surface area contributed by atoms with E-state index in [0.717, 1.165) is 5.56 Å². The summed E-state index contributed by atoms with van der Waals surface area (Å²) in [6.45, 7) is 5.41. The fourth-order valence-electron chi connectivity index (χ4n) is 2.72. The van der Waals surface area contributed by atoms with Crippen LogP contribution in [-0.4, -0.2) is 33.0 Å². The number of amides is 1. The van der Waals surface area contributed by atoms with Crippen molar-refractivity contribution in [2.45, 2.75) is 32.4 Å². The fourth-order valence-corrected chi connectivity index (χ4v) is 2.85. The molecular weight excluding hydrogens is 382 g/mol. The number of ether oxygens (including phenoxy) is 4. The molecule has 28 heavy (non-hydrogen) atoms.